The van der Waals surface area contributed by atoms with E-state index in [2.05, 4.69) is 35.5 Å². The molecule has 2 aromatic carbocycles. The topological polar surface area (TPSA) is 104 Å². The number of aromatic nitrogens is 2. The first-order chi connectivity index (χ1) is 16.6. The molecule has 2 aromatic heterocycles. The van der Waals surface area contributed by atoms with Crippen molar-refractivity contribution in [3.63, 3.8) is 0 Å². The number of rotatable bonds is 7. The van der Waals surface area contributed by atoms with Crippen LogP contribution in [0, 0.1) is 0 Å². The van der Waals surface area contributed by atoms with Crippen LogP contribution in [0.2, 0.25) is 5.15 Å². The first-order valence-corrected chi connectivity index (χ1v) is 12.5. The minimum absolute atomic E-state index is 0.0584. The van der Waals surface area contributed by atoms with E-state index in [9.17, 15) is 8.42 Å². The Balaban J connectivity index is 1.78. The summed E-state index contributed by atoms with van der Waals surface area (Å²) >= 11 is 6.45. The molecule has 0 bridgehead atoms. The number of ether oxygens (including phenoxy) is 2. The number of methoxy groups -OCH3 is 1. The van der Waals surface area contributed by atoms with Crippen molar-refractivity contribution in [2.45, 2.75) is 31.1 Å². The van der Waals surface area contributed by atoms with Crippen molar-refractivity contribution in [3.05, 3.63) is 77.6 Å². The highest BCUT2D eigenvalue weighted by Crippen LogP contribution is 2.40. The van der Waals surface area contributed by atoms with E-state index in [1.807, 2.05) is 0 Å². The van der Waals surface area contributed by atoms with Gasteiger partial charge in [-0.2, -0.15) is 0 Å². The Hall–Kier alpha value is -3.56. The maximum atomic E-state index is 13.3. The molecule has 0 saturated heterocycles. The van der Waals surface area contributed by atoms with E-state index < -0.39 is 10.0 Å². The van der Waals surface area contributed by atoms with Gasteiger partial charge in [0.25, 0.3) is 10.0 Å². The number of hydrogen-bond acceptors (Lipinski definition) is 7. The first kappa shape index (κ1) is 24.6. The third-order valence-corrected chi connectivity index (χ3v) is 6.72. The van der Waals surface area contributed by atoms with Crippen molar-refractivity contribution in [1.82, 2.24) is 9.97 Å². The van der Waals surface area contributed by atoms with Crippen LogP contribution in [0.3, 0.4) is 0 Å². The fourth-order valence-electron chi connectivity index (χ4n) is 3.23. The van der Waals surface area contributed by atoms with Gasteiger partial charge in [0.05, 0.1) is 18.3 Å². The summed E-state index contributed by atoms with van der Waals surface area (Å²) in [6.07, 6.45) is 1.45. The smallest absolute Gasteiger partial charge is 0.263 e. The number of hydrogen-bond donors (Lipinski definition) is 1. The monoisotopic (exact) mass is 513 g/mol. The van der Waals surface area contributed by atoms with Gasteiger partial charge in [0.1, 0.15) is 0 Å². The van der Waals surface area contributed by atoms with Gasteiger partial charge < -0.3 is 13.9 Å². The molecule has 0 aliphatic heterocycles. The zero-order valence-electron chi connectivity index (χ0n) is 19.6. The average Bonchev–Trinajstić information content (AvgIpc) is 3.36. The Labute approximate surface area is 209 Å². The van der Waals surface area contributed by atoms with Gasteiger partial charge in [-0.05, 0) is 47.4 Å². The second-order valence-electron chi connectivity index (χ2n) is 8.63. The van der Waals surface area contributed by atoms with Gasteiger partial charge in [0.15, 0.2) is 34.1 Å². The van der Waals surface area contributed by atoms with E-state index in [0.29, 0.717) is 17.3 Å². The zero-order chi connectivity index (χ0) is 25.2. The Bertz CT molecular complexity index is 1430. The molecule has 0 aliphatic carbocycles. The summed E-state index contributed by atoms with van der Waals surface area (Å²) in [4.78, 5) is 8.64. The molecule has 35 heavy (non-hydrogen) atoms. The zero-order valence-corrected chi connectivity index (χ0v) is 21.1. The van der Waals surface area contributed by atoms with Crippen molar-refractivity contribution < 1.29 is 22.3 Å². The molecule has 0 aliphatic rings. The van der Waals surface area contributed by atoms with Crippen LogP contribution in [0.4, 0.5) is 5.82 Å². The summed E-state index contributed by atoms with van der Waals surface area (Å²) in [5, 5.41) is -0.113. The molecule has 4 aromatic rings. The number of sulfonamides is 1. The van der Waals surface area contributed by atoms with Crippen molar-refractivity contribution in [1.29, 1.82) is 0 Å². The van der Waals surface area contributed by atoms with Crippen molar-refractivity contribution >= 4 is 27.4 Å². The van der Waals surface area contributed by atoms with Crippen LogP contribution >= 0.6 is 11.6 Å². The van der Waals surface area contributed by atoms with Crippen LogP contribution in [-0.4, -0.2) is 25.5 Å². The number of anilines is 1. The van der Waals surface area contributed by atoms with Crippen LogP contribution in [-0.2, 0) is 15.4 Å². The largest absolute Gasteiger partial charge is 0.493 e. The van der Waals surface area contributed by atoms with Gasteiger partial charge >= 0.3 is 0 Å². The molecular weight excluding hydrogens is 490 g/mol. The number of para-hydroxylation sites is 2. The Morgan fingerprint density at radius 2 is 1.63 bits per heavy atom. The molecule has 0 amide bonds. The van der Waals surface area contributed by atoms with E-state index in [0.717, 1.165) is 5.56 Å². The average molecular weight is 514 g/mol. The highest BCUT2D eigenvalue weighted by atomic mass is 35.5. The summed E-state index contributed by atoms with van der Waals surface area (Å²) in [7, 11) is -2.56. The van der Waals surface area contributed by atoms with Gasteiger partial charge in [-0.15, -0.1) is 0 Å². The van der Waals surface area contributed by atoms with E-state index in [1.54, 1.807) is 60.7 Å². The quantitative estimate of drug-likeness (QED) is 0.289. The lowest BCUT2D eigenvalue weighted by atomic mass is 9.87. The third-order valence-electron chi connectivity index (χ3n) is 5.11. The van der Waals surface area contributed by atoms with Crippen molar-refractivity contribution in [2.24, 2.45) is 0 Å². The molecule has 1 N–H and O–H groups in total. The van der Waals surface area contributed by atoms with Gasteiger partial charge in [-0.25, -0.2) is 18.4 Å². The molecule has 4 rings (SSSR count). The number of halogens is 1. The second kappa shape index (κ2) is 9.59. The number of benzene rings is 2. The summed E-state index contributed by atoms with van der Waals surface area (Å²) in [5.74, 6) is 0.897. The predicted molar refractivity (Wildman–Crippen MR) is 134 cm³/mol. The van der Waals surface area contributed by atoms with Crippen molar-refractivity contribution in [2.75, 3.05) is 11.8 Å². The minimum Gasteiger partial charge on any atom is -0.493 e. The highest BCUT2D eigenvalue weighted by molar-refractivity contribution is 7.92. The van der Waals surface area contributed by atoms with E-state index in [4.69, 9.17) is 25.5 Å². The van der Waals surface area contributed by atoms with Crippen molar-refractivity contribution in [3.8, 4) is 28.8 Å². The Kier molecular flexibility index (Phi) is 6.73. The SMILES string of the molecule is COc1ccccc1Oc1c(Cl)nc(-c2ccco2)nc1NS(=O)(=O)c1ccc(C(C)(C)C)cc1. The summed E-state index contributed by atoms with van der Waals surface area (Å²) in [6, 6.07) is 16.8. The predicted octanol–water partition coefficient (Wildman–Crippen LogP) is 6.29. The molecule has 10 heteroatoms. The van der Waals surface area contributed by atoms with Crippen LogP contribution in [0.25, 0.3) is 11.6 Å². The van der Waals surface area contributed by atoms with E-state index >= 15 is 0 Å². The number of furan rings is 1. The second-order valence-corrected chi connectivity index (χ2v) is 10.7. The van der Waals surface area contributed by atoms with Gasteiger partial charge in [-0.3, -0.25) is 4.72 Å². The van der Waals surface area contributed by atoms with E-state index in [-0.39, 0.29) is 32.9 Å². The third kappa shape index (κ3) is 5.41. The van der Waals surface area contributed by atoms with Crippen LogP contribution in [0.15, 0.2) is 76.2 Å². The highest BCUT2D eigenvalue weighted by Gasteiger charge is 2.24. The Morgan fingerprint density at radius 1 is 0.943 bits per heavy atom. The van der Waals surface area contributed by atoms with Crippen LogP contribution < -0.4 is 14.2 Å². The maximum Gasteiger partial charge on any atom is 0.263 e. The fraction of sp³-hybridized carbons (Fsp3) is 0.200. The molecule has 0 unspecified atom stereocenters. The molecule has 0 saturated carbocycles. The number of nitrogens with zero attached hydrogens (tertiary/aromatic N) is 2. The number of nitrogens with one attached hydrogen (secondary N) is 1. The maximum absolute atomic E-state index is 13.3. The van der Waals surface area contributed by atoms with Crippen LogP contribution in [0.1, 0.15) is 26.3 Å². The lowest BCUT2D eigenvalue weighted by Gasteiger charge is -2.19. The first-order valence-electron chi connectivity index (χ1n) is 10.6. The molecular formula is C25H24ClN3O5S. The molecule has 0 atom stereocenters. The summed E-state index contributed by atoms with van der Waals surface area (Å²) in [5.41, 5.74) is 0.880. The lowest BCUT2D eigenvalue weighted by molar-refractivity contribution is 0.378. The van der Waals surface area contributed by atoms with Gasteiger partial charge in [0, 0.05) is 0 Å². The minimum atomic E-state index is -4.05. The molecule has 182 valence electrons. The van der Waals surface area contributed by atoms with Gasteiger partial charge in [-0.1, -0.05) is 56.6 Å². The fourth-order valence-corrected chi connectivity index (χ4v) is 4.45. The van der Waals surface area contributed by atoms with Gasteiger partial charge in [0.2, 0.25) is 5.75 Å². The van der Waals surface area contributed by atoms with Crippen LogP contribution in [0.5, 0.6) is 17.2 Å². The molecule has 0 fully saturated rings. The summed E-state index contributed by atoms with van der Waals surface area (Å²) < 4.78 is 45.7. The summed E-state index contributed by atoms with van der Waals surface area (Å²) in [6.45, 7) is 6.15. The molecule has 2 heterocycles. The van der Waals surface area contributed by atoms with E-state index in [1.165, 1.54) is 13.4 Å². The molecule has 8 nitrogen and oxygen atoms in total. The standard InChI is InChI=1S/C25H24ClN3O5S/c1-25(2,3)16-11-13-17(14-12-16)35(30,31)29-24-21(34-19-9-6-5-8-18(19)32-4)22(26)27-23(28-24)20-10-7-15-33-20/h5-15H,1-4H3,(H,27,28,29). The Morgan fingerprint density at radius 3 is 2.23 bits per heavy atom. The normalized spacial score (nSPS) is 11.8. The molecule has 0 spiro atoms. The lowest BCUT2D eigenvalue weighted by Crippen LogP contribution is -2.16. The molecule has 0 radical (unpaired) electrons.